The van der Waals surface area contributed by atoms with Crippen LogP contribution in [-0.2, 0) is 24.2 Å². The van der Waals surface area contributed by atoms with E-state index < -0.39 is 0 Å². The van der Waals surface area contributed by atoms with Crippen molar-refractivity contribution >= 4 is 11.6 Å². The minimum Gasteiger partial charge on any atom is -0.324 e. The van der Waals surface area contributed by atoms with Crippen LogP contribution in [0.1, 0.15) is 23.1 Å². The van der Waals surface area contributed by atoms with Gasteiger partial charge in [0.05, 0.1) is 5.69 Å². The van der Waals surface area contributed by atoms with E-state index in [1.54, 1.807) is 18.2 Å². The molecule has 0 spiro atoms. The van der Waals surface area contributed by atoms with Gasteiger partial charge in [-0.3, -0.25) is 4.79 Å². The van der Waals surface area contributed by atoms with Crippen LogP contribution in [0.5, 0.6) is 0 Å². The molecule has 2 aromatic rings. The molecule has 1 amide bonds. The summed E-state index contributed by atoms with van der Waals surface area (Å²) in [7, 11) is 0. The summed E-state index contributed by atoms with van der Waals surface area (Å²) < 4.78 is 27.3. The molecule has 0 radical (unpaired) electrons. The van der Waals surface area contributed by atoms with Crippen LogP contribution in [0.4, 0.5) is 14.5 Å². The topological polar surface area (TPSA) is 41.1 Å². The predicted octanol–water partition coefficient (Wildman–Crippen LogP) is 3.18. The zero-order valence-corrected chi connectivity index (χ0v) is 12.7. The van der Waals surface area contributed by atoms with Crippen molar-refractivity contribution in [3.8, 4) is 0 Å². The first kappa shape index (κ1) is 15.6. The number of halogens is 2. The highest BCUT2D eigenvalue weighted by Gasteiger charge is 2.17. The molecular formula is C18H18F2N2O. The molecule has 1 heterocycles. The van der Waals surface area contributed by atoms with Crippen LogP contribution < -0.4 is 10.6 Å². The number of fused-ring (bicyclic) bond motifs is 1. The number of hydrogen-bond donors (Lipinski definition) is 2. The van der Waals surface area contributed by atoms with Gasteiger partial charge >= 0.3 is 0 Å². The molecule has 0 saturated heterocycles. The molecule has 3 rings (SSSR count). The van der Waals surface area contributed by atoms with Gasteiger partial charge in [-0.2, -0.15) is 0 Å². The third kappa shape index (κ3) is 3.74. The molecule has 23 heavy (non-hydrogen) atoms. The van der Waals surface area contributed by atoms with E-state index in [4.69, 9.17) is 0 Å². The maximum absolute atomic E-state index is 14.4. The molecule has 1 aliphatic heterocycles. The molecule has 0 fully saturated rings. The Labute approximate surface area is 133 Å². The van der Waals surface area contributed by atoms with Crippen LogP contribution in [0, 0.1) is 11.6 Å². The van der Waals surface area contributed by atoms with Gasteiger partial charge in [-0.05, 0) is 54.3 Å². The number of carbonyl (C=O) groups is 1. The Kier molecular flexibility index (Phi) is 4.67. The van der Waals surface area contributed by atoms with Crippen LogP contribution in [-0.4, -0.2) is 12.5 Å². The minimum atomic E-state index is -0.334. The van der Waals surface area contributed by atoms with Crippen LogP contribution >= 0.6 is 0 Å². The van der Waals surface area contributed by atoms with E-state index in [2.05, 4.69) is 10.6 Å². The fourth-order valence-corrected chi connectivity index (χ4v) is 2.75. The Morgan fingerprint density at radius 2 is 1.91 bits per heavy atom. The summed E-state index contributed by atoms with van der Waals surface area (Å²) in [5.74, 6) is -0.884. The van der Waals surface area contributed by atoms with Crippen molar-refractivity contribution in [2.45, 2.75) is 25.8 Å². The third-order valence-corrected chi connectivity index (χ3v) is 4.04. The van der Waals surface area contributed by atoms with Crippen LogP contribution in [0.2, 0.25) is 0 Å². The van der Waals surface area contributed by atoms with E-state index in [1.807, 2.05) is 6.07 Å². The van der Waals surface area contributed by atoms with Crippen molar-refractivity contribution in [2.75, 3.05) is 11.9 Å². The number of aryl methyl sites for hydroxylation is 1. The number of benzene rings is 2. The highest BCUT2D eigenvalue weighted by atomic mass is 19.1. The SMILES string of the molecule is O=C(CCc1ccc(F)cc1)Nc1ccc2c(c1F)CCNC2. The van der Waals surface area contributed by atoms with E-state index in [0.29, 0.717) is 24.9 Å². The predicted molar refractivity (Wildman–Crippen MR) is 85.2 cm³/mol. The molecule has 2 aromatic carbocycles. The average Bonchev–Trinajstić information content (AvgIpc) is 2.57. The zero-order chi connectivity index (χ0) is 16.2. The fraction of sp³-hybridized carbons (Fsp3) is 0.278. The van der Waals surface area contributed by atoms with Gasteiger partial charge in [0.2, 0.25) is 5.91 Å². The van der Waals surface area contributed by atoms with E-state index in [9.17, 15) is 13.6 Å². The van der Waals surface area contributed by atoms with Gasteiger partial charge in [-0.15, -0.1) is 0 Å². The van der Waals surface area contributed by atoms with Crippen LogP contribution in [0.15, 0.2) is 36.4 Å². The molecule has 120 valence electrons. The van der Waals surface area contributed by atoms with Crippen molar-refractivity contribution in [3.63, 3.8) is 0 Å². The number of anilines is 1. The Hall–Kier alpha value is -2.27. The molecule has 0 unspecified atom stereocenters. The molecule has 0 atom stereocenters. The Morgan fingerprint density at radius 1 is 1.13 bits per heavy atom. The van der Waals surface area contributed by atoms with Gasteiger partial charge in [-0.25, -0.2) is 8.78 Å². The lowest BCUT2D eigenvalue weighted by molar-refractivity contribution is -0.116. The number of hydrogen-bond acceptors (Lipinski definition) is 2. The Balaban J connectivity index is 1.62. The van der Waals surface area contributed by atoms with Crippen LogP contribution in [0.25, 0.3) is 0 Å². The second kappa shape index (κ2) is 6.87. The summed E-state index contributed by atoms with van der Waals surface area (Å²) in [6.07, 6.45) is 1.34. The minimum absolute atomic E-state index is 0.226. The van der Waals surface area contributed by atoms with Gasteiger partial charge in [0.15, 0.2) is 0 Å². The van der Waals surface area contributed by atoms with E-state index >= 15 is 0 Å². The van der Waals surface area contributed by atoms with Crippen LogP contribution in [0.3, 0.4) is 0 Å². The van der Waals surface area contributed by atoms with Crippen molar-refractivity contribution in [2.24, 2.45) is 0 Å². The smallest absolute Gasteiger partial charge is 0.224 e. The van der Waals surface area contributed by atoms with E-state index in [-0.39, 0.29) is 29.6 Å². The number of amides is 1. The number of rotatable bonds is 4. The van der Waals surface area contributed by atoms with Gasteiger partial charge in [0.1, 0.15) is 11.6 Å². The average molecular weight is 316 g/mol. The summed E-state index contributed by atoms with van der Waals surface area (Å²) in [6, 6.07) is 9.48. The maximum atomic E-state index is 14.4. The molecular weight excluding hydrogens is 298 g/mol. The van der Waals surface area contributed by atoms with Crippen molar-refractivity contribution in [1.29, 1.82) is 0 Å². The lowest BCUT2D eigenvalue weighted by atomic mass is 9.99. The normalized spacial score (nSPS) is 13.5. The largest absolute Gasteiger partial charge is 0.324 e. The number of nitrogens with one attached hydrogen (secondary N) is 2. The Bertz CT molecular complexity index is 714. The second-order valence-electron chi connectivity index (χ2n) is 5.67. The second-order valence-corrected chi connectivity index (χ2v) is 5.67. The fourth-order valence-electron chi connectivity index (χ4n) is 2.75. The molecule has 0 aromatic heterocycles. The van der Waals surface area contributed by atoms with Gasteiger partial charge < -0.3 is 10.6 Å². The monoisotopic (exact) mass is 316 g/mol. The highest BCUT2D eigenvalue weighted by molar-refractivity contribution is 5.91. The molecule has 3 nitrogen and oxygen atoms in total. The standard InChI is InChI=1S/C18H18F2N2O/c19-14-5-1-12(2-6-14)3-8-17(23)22-16-7-4-13-11-21-10-9-15(13)18(16)20/h1-2,4-7,21H,3,8-11H2,(H,22,23). The summed E-state index contributed by atoms with van der Waals surface area (Å²) in [4.78, 5) is 12.0. The number of carbonyl (C=O) groups excluding carboxylic acids is 1. The lowest BCUT2D eigenvalue weighted by Crippen LogP contribution is -2.25. The lowest BCUT2D eigenvalue weighted by Gasteiger charge is -2.19. The zero-order valence-electron chi connectivity index (χ0n) is 12.7. The quantitative estimate of drug-likeness (QED) is 0.909. The van der Waals surface area contributed by atoms with Crippen molar-refractivity contribution < 1.29 is 13.6 Å². The Morgan fingerprint density at radius 3 is 2.70 bits per heavy atom. The maximum Gasteiger partial charge on any atom is 0.224 e. The first-order valence-electron chi connectivity index (χ1n) is 7.69. The first-order chi connectivity index (χ1) is 11.1. The molecule has 5 heteroatoms. The summed E-state index contributed by atoms with van der Waals surface area (Å²) in [5.41, 5.74) is 2.73. The van der Waals surface area contributed by atoms with E-state index in [0.717, 1.165) is 17.7 Å². The van der Waals surface area contributed by atoms with E-state index in [1.165, 1.54) is 12.1 Å². The summed E-state index contributed by atoms with van der Waals surface area (Å²) in [6.45, 7) is 1.40. The summed E-state index contributed by atoms with van der Waals surface area (Å²) in [5, 5.41) is 5.82. The van der Waals surface area contributed by atoms with Gasteiger partial charge in [0, 0.05) is 13.0 Å². The van der Waals surface area contributed by atoms with Crippen molar-refractivity contribution in [1.82, 2.24) is 5.32 Å². The molecule has 1 aliphatic rings. The molecule has 0 bridgehead atoms. The van der Waals surface area contributed by atoms with Crippen molar-refractivity contribution in [3.05, 3.63) is 64.7 Å². The summed E-state index contributed by atoms with van der Waals surface area (Å²) >= 11 is 0. The van der Waals surface area contributed by atoms with Gasteiger partial charge in [0.25, 0.3) is 0 Å². The molecule has 0 saturated carbocycles. The molecule has 2 N–H and O–H groups in total. The molecule has 0 aliphatic carbocycles. The van der Waals surface area contributed by atoms with Gasteiger partial charge in [-0.1, -0.05) is 18.2 Å². The third-order valence-electron chi connectivity index (χ3n) is 4.04. The first-order valence-corrected chi connectivity index (χ1v) is 7.69. The highest BCUT2D eigenvalue weighted by Crippen LogP contribution is 2.24.